The normalized spacial score (nSPS) is 20.1. The summed E-state index contributed by atoms with van der Waals surface area (Å²) in [6.07, 6.45) is 4.40. The fraction of sp³-hybridized carbons (Fsp3) is 0.394. The number of methoxy groups -OCH3 is 1. The summed E-state index contributed by atoms with van der Waals surface area (Å²) in [7, 11) is 1.60. The van der Waals surface area contributed by atoms with E-state index in [1.807, 2.05) is 17.0 Å². The van der Waals surface area contributed by atoms with Crippen molar-refractivity contribution < 1.29 is 18.3 Å². The van der Waals surface area contributed by atoms with Gasteiger partial charge >= 0.3 is 0 Å². The van der Waals surface area contributed by atoms with E-state index >= 15 is 4.39 Å². The number of piperidine rings is 1. The second kappa shape index (κ2) is 11.9. The van der Waals surface area contributed by atoms with Crippen LogP contribution in [0.2, 0.25) is 0 Å². The Hall–Kier alpha value is -3.60. The maximum Gasteiger partial charge on any atom is 0.254 e. The number of amides is 1. The zero-order valence-corrected chi connectivity index (χ0v) is 23.2. The second-order valence-corrected chi connectivity index (χ2v) is 11.2. The van der Waals surface area contributed by atoms with Crippen LogP contribution in [0.1, 0.15) is 61.0 Å². The summed E-state index contributed by atoms with van der Waals surface area (Å²) in [4.78, 5) is 15.9. The molecule has 5 nitrogen and oxygen atoms in total. The standard InChI is InChI=1S/C33H35F2N3O2/c1-20(2)37-25-17-26-8-9-27(18-25)38(26)33(39)23-7-11-28(29-10-4-21(12-13-40-3)14-32(29)35)30(15-23)22-5-6-24(19-36)31(34)16-22/h4-7,10-11,14-16,20,25-27,37H,8-9,12-13,17-18H2,1-3H3/t25-,26-,27+. The van der Waals surface area contributed by atoms with E-state index in [0.717, 1.165) is 31.2 Å². The fourth-order valence-corrected chi connectivity index (χ4v) is 6.34. The lowest BCUT2D eigenvalue weighted by molar-refractivity contribution is 0.0551. The van der Waals surface area contributed by atoms with Crippen molar-refractivity contribution in [2.24, 2.45) is 0 Å². The van der Waals surface area contributed by atoms with E-state index in [1.165, 1.54) is 18.2 Å². The van der Waals surface area contributed by atoms with Crippen LogP contribution in [0.4, 0.5) is 8.78 Å². The molecule has 3 aromatic carbocycles. The Bertz CT molecular complexity index is 1430. The topological polar surface area (TPSA) is 65.4 Å². The van der Waals surface area contributed by atoms with Gasteiger partial charge in [0.15, 0.2) is 0 Å². The second-order valence-electron chi connectivity index (χ2n) is 11.2. The Morgan fingerprint density at radius 3 is 2.35 bits per heavy atom. The van der Waals surface area contributed by atoms with Gasteiger partial charge in [-0.2, -0.15) is 5.26 Å². The minimum Gasteiger partial charge on any atom is -0.384 e. The molecule has 7 heteroatoms. The van der Waals surface area contributed by atoms with Gasteiger partial charge in [0.1, 0.15) is 17.7 Å². The summed E-state index contributed by atoms with van der Waals surface area (Å²) in [6.45, 7) is 4.77. The first-order valence-corrected chi connectivity index (χ1v) is 14.0. The van der Waals surface area contributed by atoms with Gasteiger partial charge in [-0.3, -0.25) is 4.79 Å². The molecule has 3 aromatic rings. The number of nitrogens with zero attached hydrogens (tertiary/aromatic N) is 2. The molecular weight excluding hydrogens is 508 g/mol. The van der Waals surface area contributed by atoms with Crippen LogP contribution in [0.15, 0.2) is 54.6 Å². The molecule has 5 rings (SSSR count). The number of benzene rings is 3. The molecule has 3 atom stereocenters. The minimum absolute atomic E-state index is 0.0483. The SMILES string of the molecule is COCCc1ccc(-c2ccc(C(=O)N3[C@@H]4CC[C@H]3C[C@H](NC(C)C)C4)cc2-c2ccc(C#N)c(F)c2)c(F)c1. The van der Waals surface area contributed by atoms with Gasteiger partial charge in [0.2, 0.25) is 0 Å². The number of nitriles is 1. The van der Waals surface area contributed by atoms with Crippen molar-refractivity contribution in [3.8, 4) is 28.3 Å². The summed E-state index contributed by atoms with van der Waals surface area (Å²) in [5, 5.41) is 12.9. The van der Waals surface area contributed by atoms with Crippen LogP contribution in [0.3, 0.4) is 0 Å². The molecule has 0 aromatic heterocycles. The van der Waals surface area contributed by atoms with Crippen LogP contribution in [0, 0.1) is 23.0 Å². The Balaban J connectivity index is 1.53. The zero-order valence-electron chi connectivity index (χ0n) is 23.2. The first-order valence-electron chi connectivity index (χ1n) is 14.0. The fourth-order valence-electron chi connectivity index (χ4n) is 6.34. The molecule has 2 fully saturated rings. The molecule has 2 bridgehead atoms. The molecule has 0 saturated carbocycles. The Morgan fingerprint density at radius 1 is 1.00 bits per heavy atom. The van der Waals surface area contributed by atoms with Crippen molar-refractivity contribution in [3.05, 3.63) is 82.9 Å². The van der Waals surface area contributed by atoms with Gasteiger partial charge in [-0.1, -0.05) is 38.1 Å². The number of carbonyl (C=O) groups excluding carboxylic acids is 1. The van der Waals surface area contributed by atoms with Gasteiger partial charge in [-0.25, -0.2) is 8.78 Å². The predicted molar refractivity (Wildman–Crippen MR) is 152 cm³/mol. The van der Waals surface area contributed by atoms with E-state index in [4.69, 9.17) is 4.74 Å². The number of rotatable bonds is 8. The van der Waals surface area contributed by atoms with E-state index in [9.17, 15) is 14.4 Å². The summed E-state index contributed by atoms with van der Waals surface area (Å²) in [5.41, 5.74) is 3.17. The van der Waals surface area contributed by atoms with Gasteiger partial charge in [-0.05, 0) is 84.7 Å². The van der Waals surface area contributed by atoms with Crippen LogP contribution in [-0.4, -0.2) is 48.7 Å². The van der Waals surface area contributed by atoms with Crippen molar-refractivity contribution in [1.82, 2.24) is 10.2 Å². The monoisotopic (exact) mass is 543 g/mol. The maximum absolute atomic E-state index is 15.4. The average Bonchev–Trinajstić information content (AvgIpc) is 3.20. The highest BCUT2D eigenvalue weighted by Crippen LogP contribution is 2.39. The summed E-state index contributed by atoms with van der Waals surface area (Å²) in [6, 6.07) is 17.6. The predicted octanol–water partition coefficient (Wildman–Crippen LogP) is 6.49. The Kier molecular flexibility index (Phi) is 8.30. The molecule has 0 aliphatic carbocycles. The van der Waals surface area contributed by atoms with Crippen LogP contribution in [0.5, 0.6) is 0 Å². The summed E-state index contributed by atoms with van der Waals surface area (Å²) < 4.78 is 35.2. The van der Waals surface area contributed by atoms with Crippen molar-refractivity contribution in [2.45, 2.75) is 70.1 Å². The number of ether oxygens (including phenoxy) is 1. The lowest BCUT2D eigenvalue weighted by Gasteiger charge is -2.40. The molecule has 2 aliphatic rings. The third kappa shape index (κ3) is 5.65. The zero-order chi connectivity index (χ0) is 28.4. The van der Waals surface area contributed by atoms with Crippen molar-refractivity contribution in [2.75, 3.05) is 13.7 Å². The lowest BCUT2D eigenvalue weighted by Crippen LogP contribution is -2.52. The van der Waals surface area contributed by atoms with Crippen molar-refractivity contribution >= 4 is 5.91 Å². The molecule has 1 N–H and O–H groups in total. The smallest absolute Gasteiger partial charge is 0.254 e. The van der Waals surface area contributed by atoms with Gasteiger partial charge in [0.05, 0.1) is 12.2 Å². The minimum atomic E-state index is -0.657. The third-order valence-electron chi connectivity index (χ3n) is 8.12. The number of hydrogen-bond donors (Lipinski definition) is 1. The molecule has 208 valence electrons. The van der Waals surface area contributed by atoms with Gasteiger partial charge in [-0.15, -0.1) is 0 Å². The molecule has 2 aliphatic heterocycles. The lowest BCUT2D eigenvalue weighted by atomic mass is 9.90. The van der Waals surface area contributed by atoms with Gasteiger partial charge < -0.3 is 15.0 Å². The highest BCUT2D eigenvalue weighted by molar-refractivity contribution is 5.98. The number of fused-ring (bicyclic) bond motifs is 2. The average molecular weight is 544 g/mol. The molecule has 40 heavy (non-hydrogen) atoms. The van der Waals surface area contributed by atoms with Crippen LogP contribution >= 0.6 is 0 Å². The van der Waals surface area contributed by atoms with Gasteiger partial charge in [0.25, 0.3) is 5.91 Å². The molecule has 0 unspecified atom stereocenters. The molecule has 2 heterocycles. The van der Waals surface area contributed by atoms with E-state index in [-0.39, 0.29) is 23.6 Å². The summed E-state index contributed by atoms with van der Waals surface area (Å²) >= 11 is 0. The van der Waals surface area contributed by atoms with Crippen molar-refractivity contribution in [1.29, 1.82) is 5.26 Å². The Labute approximate surface area is 234 Å². The molecule has 2 saturated heterocycles. The van der Waals surface area contributed by atoms with E-state index < -0.39 is 11.6 Å². The number of nitrogens with one attached hydrogen (secondary N) is 1. The Morgan fingerprint density at radius 2 is 1.73 bits per heavy atom. The number of carbonyl (C=O) groups is 1. The molecule has 0 spiro atoms. The highest BCUT2D eigenvalue weighted by Gasteiger charge is 2.43. The number of hydrogen-bond acceptors (Lipinski definition) is 4. The van der Waals surface area contributed by atoms with E-state index in [2.05, 4.69) is 19.2 Å². The highest BCUT2D eigenvalue weighted by atomic mass is 19.1. The molecule has 1 amide bonds. The summed E-state index contributed by atoms with van der Waals surface area (Å²) in [5.74, 6) is -1.11. The molecule has 0 radical (unpaired) electrons. The first-order chi connectivity index (χ1) is 19.3. The largest absolute Gasteiger partial charge is 0.384 e. The van der Waals surface area contributed by atoms with Gasteiger partial charge in [0, 0.05) is 42.4 Å². The first kappa shape index (κ1) is 27.9. The van der Waals surface area contributed by atoms with Crippen LogP contribution < -0.4 is 5.32 Å². The van der Waals surface area contributed by atoms with Crippen molar-refractivity contribution in [3.63, 3.8) is 0 Å². The quantitative estimate of drug-likeness (QED) is 0.353. The van der Waals surface area contributed by atoms with Crippen LogP contribution in [-0.2, 0) is 11.2 Å². The maximum atomic E-state index is 15.4. The number of halogens is 2. The van der Waals surface area contributed by atoms with E-state index in [1.54, 1.807) is 37.4 Å². The van der Waals surface area contributed by atoms with Crippen LogP contribution in [0.25, 0.3) is 22.3 Å². The van der Waals surface area contributed by atoms with E-state index in [0.29, 0.717) is 52.9 Å². The molecular formula is C33H35F2N3O2. The third-order valence-corrected chi connectivity index (χ3v) is 8.12.